The Bertz CT molecular complexity index is 1220. The molecule has 6 heteroatoms. The molecule has 0 atom stereocenters. The summed E-state index contributed by atoms with van der Waals surface area (Å²) in [5.41, 5.74) is 1.74. The third kappa shape index (κ3) is 4.14. The third-order valence-electron chi connectivity index (χ3n) is 4.50. The van der Waals surface area contributed by atoms with E-state index in [1.54, 1.807) is 43.5 Å². The first-order valence-corrected chi connectivity index (χ1v) is 9.94. The van der Waals surface area contributed by atoms with Gasteiger partial charge >= 0.3 is 5.97 Å². The molecule has 0 radical (unpaired) electrons. The van der Waals surface area contributed by atoms with Crippen LogP contribution in [0.1, 0.15) is 5.56 Å². The Balaban J connectivity index is 1.74. The zero-order valence-corrected chi connectivity index (χ0v) is 16.8. The molecule has 1 aromatic heterocycles. The van der Waals surface area contributed by atoms with E-state index in [-0.39, 0.29) is 5.75 Å². The predicted molar refractivity (Wildman–Crippen MR) is 119 cm³/mol. The van der Waals surface area contributed by atoms with Crippen molar-refractivity contribution in [2.45, 2.75) is 0 Å². The Morgan fingerprint density at radius 1 is 0.967 bits per heavy atom. The number of aromatic hydroxyl groups is 1. The number of carboxylic acid groups (broad SMARTS) is 1. The number of fused-ring (bicyclic) bond motifs is 1. The Morgan fingerprint density at radius 3 is 2.33 bits per heavy atom. The molecule has 150 valence electrons. The number of carboxylic acids is 1. The van der Waals surface area contributed by atoms with Gasteiger partial charge in [-0.05, 0) is 71.8 Å². The van der Waals surface area contributed by atoms with Crippen LogP contribution in [0.3, 0.4) is 0 Å². The number of hydrogen-bond donors (Lipinski definition) is 2. The summed E-state index contributed by atoms with van der Waals surface area (Å²) in [5.74, 6) is 1.31. The number of ether oxygens (including phenoxy) is 2. The number of benzene rings is 3. The van der Waals surface area contributed by atoms with E-state index in [1.807, 2.05) is 30.3 Å². The van der Waals surface area contributed by atoms with Crippen LogP contribution >= 0.6 is 11.3 Å². The van der Waals surface area contributed by atoms with Gasteiger partial charge in [0.1, 0.15) is 17.2 Å². The van der Waals surface area contributed by atoms with Gasteiger partial charge in [0.2, 0.25) is 0 Å². The fourth-order valence-electron chi connectivity index (χ4n) is 3.03. The molecule has 0 amide bonds. The van der Waals surface area contributed by atoms with Crippen molar-refractivity contribution >= 4 is 33.5 Å². The van der Waals surface area contributed by atoms with Gasteiger partial charge in [0, 0.05) is 16.2 Å². The van der Waals surface area contributed by atoms with Crippen molar-refractivity contribution in [3.8, 4) is 33.4 Å². The van der Waals surface area contributed by atoms with Crippen LogP contribution in [-0.4, -0.2) is 23.3 Å². The first kappa shape index (κ1) is 19.5. The minimum atomic E-state index is -0.993. The van der Waals surface area contributed by atoms with E-state index in [0.717, 1.165) is 37.9 Å². The molecule has 0 aliphatic heterocycles. The van der Waals surface area contributed by atoms with Gasteiger partial charge < -0.3 is 19.7 Å². The van der Waals surface area contributed by atoms with Gasteiger partial charge in [0.15, 0.2) is 5.75 Å². The molecule has 5 nitrogen and oxygen atoms in total. The van der Waals surface area contributed by atoms with Crippen LogP contribution in [0.15, 0.2) is 72.8 Å². The lowest BCUT2D eigenvalue weighted by Gasteiger charge is -2.09. The van der Waals surface area contributed by atoms with Crippen molar-refractivity contribution in [2.24, 2.45) is 0 Å². The first-order valence-electron chi connectivity index (χ1n) is 9.12. The standard InChI is InChI=1S/C24H18O5S/c1-28-18-10-5-16(6-11-18)24-23(20-12-7-17(25)14-21(20)30-24)29-19-8-2-15(3-9-19)4-13-22(26)27/h2-14,25H,1H3,(H,26,27). The molecule has 2 N–H and O–H groups in total. The maximum atomic E-state index is 10.7. The van der Waals surface area contributed by atoms with E-state index in [2.05, 4.69) is 0 Å². The van der Waals surface area contributed by atoms with Crippen molar-refractivity contribution in [1.29, 1.82) is 0 Å². The number of rotatable bonds is 6. The molecule has 0 bridgehead atoms. The van der Waals surface area contributed by atoms with Gasteiger partial charge in [-0.1, -0.05) is 12.1 Å². The summed E-state index contributed by atoms with van der Waals surface area (Å²) in [5, 5.41) is 19.5. The van der Waals surface area contributed by atoms with Crippen LogP contribution in [0, 0.1) is 0 Å². The normalized spacial score (nSPS) is 11.1. The van der Waals surface area contributed by atoms with Crippen LogP contribution in [0.5, 0.6) is 23.0 Å². The highest BCUT2D eigenvalue weighted by molar-refractivity contribution is 7.22. The fourth-order valence-corrected chi connectivity index (χ4v) is 4.20. The van der Waals surface area contributed by atoms with Crippen molar-refractivity contribution in [1.82, 2.24) is 0 Å². The van der Waals surface area contributed by atoms with E-state index >= 15 is 0 Å². The van der Waals surface area contributed by atoms with E-state index in [1.165, 1.54) is 17.4 Å². The topological polar surface area (TPSA) is 76.0 Å². The van der Waals surface area contributed by atoms with Gasteiger partial charge in [-0.3, -0.25) is 0 Å². The SMILES string of the molecule is COc1ccc(-c2sc3cc(O)ccc3c2Oc2ccc(C=CC(=O)O)cc2)cc1. The molecule has 0 saturated carbocycles. The Hall–Kier alpha value is -3.77. The lowest BCUT2D eigenvalue weighted by atomic mass is 10.1. The zero-order chi connectivity index (χ0) is 21.1. The molecule has 4 rings (SSSR count). The molecule has 0 aliphatic carbocycles. The molecular weight excluding hydrogens is 400 g/mol. The summed E-state index contributed by atoms with van der Waals surface area (Å²) in [7, 11) is 1.63. The van der Waals surface area contributed by atoms with Crippen molar-refractivity contribution in [3.05, 3.63) is 78.4 Å². The number of thiophene rings is 1. The molecule has 0 spiro atoms. The highest BCUT2D eigenvalue weighted by Crippen LogP contribution is 2.47. The minimum Gasteiger partial charge on any atom is -0.508 e. The monoisotopic (exact) mass is 418 g/mol. The number of aliphatic carboxylic acids is 1. The zero-order valence-electron chi connectivity index (χ0n) is 16.0. The highest BCUT2D eigenvalue weighted by atomic mass is 32.1. The van der Waals surface area contributed by atoms with Gasteiger partial charge in [-0.25, -0.2) is 4.79 Å². The second-order valence-electron chi connectivity index (χ2n) is 6.51. The van der Waals surface area contributed by atoms with Crippen molar-refractivity contribution in [3.63, 3.8) is 0 Å². The first-order chi connectivity index (χ1) is 14.5. The van der Waals surface area contributed by atoms with E-state index in [0.29, 0.717) is 11.5 Å². The van der Waals surface area contributed by atoms with Gasteiger partial charge in [0.25, 0.3) is 0 Å². The van der Waals surface area contributed by atoms with Crippen LogP contribution < -0.4 is 9.47 Å². The predicted octanol–water partition coefficient (Wildman–Crippen LogP) is 6.17. The van der Waals surface area contributed by atoms with Gasteiger partial charge in [-0.2, -0.15) is 0 Å². The third-order valence-corrected chi connectivity index (χ3v) is 5.68. The van der Waals surface area contributed by atoms with Crippen molar-refractivity contribution in [2.75, 3.05) is 7.11 Å². The molecule has 3 aromatic carbocycles. The molecule has 0 fully saturated rings. The Labute approximate surface area is 177 Å². The lowest BCUT2D eigenvalue weighted by molar-refractivity contribution is -0.131. The van der Waals surface area contributed by atoms with Crippen LogP contribution in [-0.2, 0) is 4.79 Å². The van der Waals surface area contributed by atoms with Gasteiger partial charge in [0.05, 0.1) is 12.0 Å². The minimum absolute atomic E-state index is 0.200. The molecule has 1 heterocycles. The quantitative estimate of drug-likeness (QED) is 0.366. The summed E-state index contributed by atoms with van der Waals surface area (Å²) in [4.78, 5) is 11.6. The number of carbonyl (C=O) groups is 1. The maximum Gasteiger partial charge on any atom is 0.328 e. The van der Waals surface area contributed by atoms with Crippen LogP contribution in [0.25, 0.3) is 26.6 Å². The molecule has 0 unspecified atom stereocenters. The smallest absolute Gasteiger partial charge is 0.328 e. The summed E-state index contributed by atoms with van der Waals surface area (Å²) in [6.07, 6.45) is 2.62. The molecular formula is C24H18O5S. The summed E-state index contributed by atoms with van der Waals surface area (Å²) in [6.45, 7) is 0. The molecule has 30 heavy (non-hydrogen) atoms. The molecule has 4 aromatic rings. The number of phenolic OH excluding ortho intramolecular Hbond substituents is 1. The van der Waals surface area contributed by atoms with E-state index in [9.17, 15) is 9.90 Å². The van der Waals surface area contributed by atoms with Crippen LogP contribution in [0.2, 0.25) is 0 Å². The number of methoxy groups -OCH3 is 1. The molecule has 0 saturated heterocycles. The van der Waals surface area contributed by atoms with Crippen LogP contribution in [0.4, 0.5) is 0 Å². The van der Waals surface area contributed by atoms with E-state index in [4.69, 9.17) is 14.6 Å². The Morgan fingerprint density at radius 2 is 1.67 bits per heavy atom. The summed E-state index contributed by atoms with van der Waals surface area (Å²) in [6, 6.07) is 20.1. The fraction of sp³-hybridized carbons (Fsp3) is 0.0417. The Kier molecular flexibility index (Phi) is 5.41. The average molecular weight is 418 g/mol. The van der Waals surface area contributed by atoms with Crippen molar-refractivity contribution < 1.29 is 24.5 Å². The second-order valence-corrected chi connectivity index (χ2v) is 7.56. The second kappa shape index (κ2) is 8.31. The maximum absolute atomic E-state index is 10.7. The summed E-state index contributed by atoms with van der Waals surface area (Å²) < 4.78 is 12.4. The average Bonchev–Trinajstić information content (AvgIpc) is 3.10. The van der Waals surface area contributed by atoms with E-state index < -0.39 is 5.97 Å². The number of phenols is 1. The number of hydrogen-bond acceptors (Lipinski definition) is 5. The lowest BCUT2D eigenvalue weighted by Crippen LogP contribution is -1.87. The largest absolute Gasteiger partial charge is 0.508 e. The summed E-state index contributed by atoms with van der Waals surface area (Å²) >= 11 is 1.54. The highest BCUT2D eigenvalue weighted by Gasteiger charge is 2.17. The van der Waals surface area contributed by atoms with Gasteiger partial charge in [-0.15, -0.1) is 11.3 Å². The molecule has 0 aliphatic rings.